The van der Waals surface area contributed by atoms with Crippen LogP contribution in [0.2, 0.25) is 0 Å². The first kappa shape index (κ1) is 19.6. The summed E-state index contributed by atoms with van der Waals surface area (Å²) in [5.41, 5.74) is 7.08. The molecule has 1 aromatic heterocycles. The van der Waals surface area contributed by atoms with Crippen LogP contribution < -0.4 is 5.73 Å². The minimum absolute atomic E-state index is 0.0150. The number of hydrogen-bond acceptors (Lipinski definition) is 5. The Kier molecular flexibility index (Phi) is 5.37. The van der Waals surface area contributed by atoms with E-state index in [-0.39, 0.29) is 35.0 Å². The van der Waals surface area contributed by atoms with Crippen molar-refractivity contribution in [1.29, 1.82) is 0 Å². The average Bonchev–Trinajstić information content (AvgIpc) is 2.95. The highest BCUT2D eigenvalue weighted by Gasteiger charge is 2.54. The molecule has 2 aliphatic rings. The van der Waals surface area contributed by atoms with E-state index in [1.54, 1.807) is 11.3 Å². The molecule has 1 heterocycles. The van der Waals surface area contributed by atoms with Crippen molar-refractivity contribution in [3.05, 3.63) is 10.6 Å². The van der Waals surface area contributed by atoms with Crippen LogP contribution in [0.4, 0.5) is 5.13 Å². The summed E-state index contributed by atoms with van der Waals surface area (Å²) >= 11 is 1.60. The van der Waals surface area contributed by atoms with Crippen molar-refractivity contribution >= 4 is 22.4 Å². The summed E-state index contributed by atoms with van der Waals surface area (Å²) in [5.74, 6) is 0.336. The fraction of sp³-hybridized carbons (Fsp3) is 0.800. The average molecular weight is 380 g/mol. The van der Waals surface area contributed by atoms with Gasteiger partial charge in [0, 0.05) is 29.8 Å². The topological polar surface area (TPSA) is 79.5 Å². The zero-order valence-electron chi connectivity index (χ0n) is 16.7. The molecule has 1 fully saturated rings. The predicted molar refractivity (Wildman–Crippen MR) is 106 cm³/mol. The van der Waals surface area contributed by atoms with E-state index < -0.39 is 6.10 Å². The summed E-state index contributed by atoms with van der Waals surface area (Å²) in [7, 11) is 0. The van der Waals surface area contributed by atoms with E-state index in [1.165, 1.54) is 4.88 Å². The third kappa shape index (κ3) is 3.05. The molecule has 6 atom stereocenters. The van der Waals surface area contributed by atoms with Crippen molar-refractivity contribution in [1.82, 2.24) is 9.88 Å². The molecule has 0 aliphatic heterocycles. The van der Waals surface area contributed by atoms with Gasteiger partial charge < -0.3 is 15.7 Å². The summed E-state index contributed by atoms with van der Waals surface area (Å²) in [4.78, 5) is 20.6. The number of carbonyl (C=O) groups is 1. The first-order valence-electron chi connectivity index (χ1n) is 9.95. The Labute approximate surface area is 161 Å². The number of fused-ring (bicyclic) bond motifs is 2. The van der Waals surface area contributed by atoms with Gasteiger partial charge >= 0.3 is 0 Å². The maximum atomic E-state index is 12.9. The number of nitrogens with two attached hydrogens (primary N) is 1. The molecule has 3 N–H and O–H groups in total. The summed E-state index contributed by atoms with van der Waals surface area (Å²) in [5, 5.41) is 12.0. The highest BCUT2D eigenvalue weighted by atomic mass is 32.1. The van der Waals surface area contributed by atoms with Crippen LogP contribution in [0.15, 0.2) is 0 Å². The van der Waals surface area contributed by atoms with Crippen LogP contribution in [-0.2, 0) is 11.2 Å². The molecule has 6 heteroatoms. The Morgan fingerprint density at radius 2 is 2.12 bits per heavy atom. The Hall–Kier alpha value is -1.14. The number of hydrogen-bond donors (Lipinski definition) is 2. The second-order valence-corrected chi connectivity index (χ2v) is 9.61. The van der Waals surface area contributed by atoms with Crippen molar-refractivity contribution in [2.45, 2.75) is 65.9 Å². The molecule has 0 bridgehead atoms. The maximum absolute atomic E-state index is 12.9. The number of aromatic nitrogens is 1. The van der Waals surface area contributed by atoms with Gasteiger partial charge in [-0.25, -0.2) is 4.98 Å². The number of thiazole rings is 1. The SMILES string of the molecule is CCN(CC)C(=O)[C@@H](C)[C@H]1CC[C@]2(C)Cc3sc(N)nc3[C@@H](C)[C@@H]2[C@H]1O. The lowest BCUT2D eigenvalue weighted by atomic mass is 9.53. The van der Waals surface area contributed by atoms with Gasteiger partial charge in [0.2, 0.25) is 5.91 Å². The van der Waals surface area contributed by atoms with Crippen molar-refractivity contribution in [3.8, 4) is 0 Å². The lowest BCUT2D eigenvalue weighted by Gasteiger charge is -2.53. The molecular formula is C20H33N3O2S. The predicted octanol–water partition coefficient (Wildman–Crippen LogP) is 3.28. The summed E-state index contributed by atoms with van der Waals surface area (Å²) in [6, 6.07) is 0. The van der Waals surface area contributed by atoms with E-state index in [4.69, 9.17) is 5.73 Å². The quantitative estimate of drug-likeness (QED) is 0.841. The number of anilines is 1. The number of nitrogen functional groups attached to an aromatic ring is 1. The number of nitrogens with zero attached hydrogens (tertiary/aromatic N) is 2. The van der Waals surface area contributed by atoms with Gasteiger partial charge in [-0.05, 0) is 50.4 Å². The molecule has 5 nitrogen and oxygen atoms in total. The Bertz CT molecular complexity index is 672. The number of aliphatic hydroxyl groups is 1. The molecule has 0 radical (unpaired) electrons. The maximum Gasteiger partial charge on any atom is 0.225 e. The van der Waals surface area contributed by atoms with Crippen LogP contribution >= 0.6 is 11.3 Å². The van der Waals surface area contributed by atoms with Crippen molar-refractivity contribution < 1.29 is 9.90 Å². The van der Waals surface area contributed by atoms with Crippen LogP contribution in [0.5, 0.6) is 0 Å². The number of amides is 1. The molecule has 26 heavy (non-hydrogen) atoms. The molecule has 146 valence electrons. The van der Waals surface area contributed by atoms with Crippen LogP contribution in [0.1, 0.15) is 63.9 Å². The molecule has 0 saturated heterocycles. The smallest absolute Gasteiger partial charge is 0.225 e. The third-order valence-electron chi connectivity index (χ3n) is 7.05. The Morgan fingerprint density at radius 1 is 1.46 bits per heavy atom. The van der Waals surface area contributed by atoms with E-state index in [9.17, 15) is 9.90 Å². The number of rotatable bonds is 4. The summed E-state index contributed by atoms with van der Waals surface area (Å²) in [6.45, 7) is 11.9. The van der Waals surface area contributed by atoms with Crippen LogP contribution in [-0.4, -0.2) is 40.1 Å². The molecule has 0 aromatic carbocycles. The highest BCUT2D eigenvalue weighted by molar-refractivity contribution is 7.15. The molecule has 0 unspecified atom stereocenters. The zero-order valence-corrected chi connectivity index (χ0v) is 17.5. The Balaban J connectivity index is 1.87. The van der Waals surface area contributed by atoms with Crippen molar-refractivity contribution in [2.75, 3.05) is 18.8 Å². The summed E-state index contributed by atoms with van der Waals surface area (Å²) in [6.07, 6.45) is 2.40. The molecule has 0 spiro atoms. The molecule has 1 saturated carbocycles. The van der Waals surface area contributed by atoms with E-state index in [0.717, 1.165) is 38.0 Å². The van der Waals surface area contributed by atoms with Gasteiger partial charge in [-0.15, -0.1) is 11.3 Å². The van der Waals surface area contributed by atoms with E-state index >= 15 is 0 Å². The minimum Gasteiger partial charge on any atom is -0.392 e. The second-order valence-electron chi connectivity index (χ2n) is 8.50. The fourth-order valence-electron chi connectivity index (χ4n) is 5.57. The van der Waals surface area contributed by atoms with E-state index in [2.05, 4.69) is 18.8 Å². The van der Waals surface area contributed by atoms with Gasteiger partial charge in [0.05, 0.1) is 11.8 Å². The van der Waals surface area contributed by atoms with Gasteiger partial charge in [-0.2, -0.15) is 0 Å². The number of carbonyl (C=O) groups excluding carboxylic acids is 1. The minimum atomic E-state index is -0.477. The Morgan fingerprint density at radius 3 is 2.73 bits per heavy atom. The van der Waals surface area contributed by atoms with Gasteiger partial charge in [-0.1, -0.05) is 20.8 Å². The standard InChI is InChI=1S/C20H33N3O2S/c1-6-23(7-2)18(25)11(3)13-8-9-20(5)10-14-16(22-19(21)26-14)12(4)15(20)17(13)24/h11-13,15,17,24H,6-10H2,1-5H3,(H2,21,22)/t11-,12-,13+,15+,17-,20+/m0/s1. The highest BCUT2D eigenvalue weighted by Crippen LogP contribution is 2.57. The molecule has 1 aromatic rings. The first-order chi connectivity index (χ1) is 12.2. The zero-order chi connectivity index (χ0) is 19.2. The second kappa shape index (κ2) is 7.12. The molecule has 3 rings (SSSR count). The van der Waals surface area contributed by atoms with E-state index in [1.807, 2.05) is 25.7 Å². The van der Waals surface area contributed by atoms with Crippen LogP contribution in [0.25, 0.3) is 0 Å². The van der Waals surface area contributed by atoms with Crippen LogP contribution in [0.3, 0.4) is 0 Å². The molecular weight excluding hydrogens is 346 g/mol. The monoisotopic (exact) mass is 379 g/mol. The lowest BCUT2D eigenvalue weighted by Crippen LogP contribution is -2.53. The third-order valence-corrected chi connectivity index (χ3v) is 7.95. The van der Waals surface area contributed by atoms with E-state index in [0.29, 0.717) is 5.13 Å². The number of aliphatic hydroxyl groups excluding tert-OH is 1. The summed E-state index contributed by atoms with van der Waals surface area (Å²) < 4.78 is 0. The largest absolute Gasteiger partial charge is 0.392 e. The molecule has 1 amide bonds. The van der Waals surface area contributed by atoms with Crippen LogP contribution in [0, 0.1) is 23.2 Å². The molecule has 2 aliphatic carbocycles. The van der Waals surface area contributed by atoms with Crippen molar-refractivity contribution in [2.24, 2.45) is 23.2 Å². The first-order valence-corrected chi connectivity index (χ1v) is 10.8. The fourth-order valence-corrected chi connectivity index (χ4v) is 6.71. The lowest BCUT2D eigenvalue weighted by molar-refractivity contribution is -0.144. The van der Waals surface area contributed by atoms with Crippen molar-refractivity contribution in [3.63, 3.8) is 0 Å². The van der Waals surface area contributed by atoms with Gasteiger partial charge in [0.1, 0.15) is 0 Å². The van der Waals surface area contributed by atoms with Gasteiger partial charge in [0.15, 0.2) is 5.13 Å². The normalized spacial score (nSPS) is 34.7. The van der Waals surface area contributed by atoms with Gasteiger partial charge in [-0.3, -0.25) is 4.79 Å². The van der Waals surface area contributed by atoms with Gasteiger partial charge in [0.25, 0.3) is 0 Å².